The van der Waals surface area contributed by atoms with Gasteiger partial charge in [-0.3, -0.25) is 0 Å². The zero-order valence-corrected chi connectivity index (χ0v) is 17.9. The number of benzene rings is 1. The van der Waals surface area contributed by atoms with Crippen molar-refractivity contribution in [2.75, 3.05) is 0 Å². The molecule has 2 aromatic rings. The van der Waals surface area contributed by atoms with E-state index in [1.54, 1.807) is 11.1 Å². The molecule has 1 heteroatoms. The van der Waals surface area contributed by atoms with Crippen LogP contribution in [-0.4, -0.2) is 4.98 Å². The van der Waals surface area contributed by atoms with Gasteiger partial charge in [-0.2, -0.15) is 0 Å². The summed E-state index contributed by atoms with van der Waals surface area (Å²) in [4.78, 5) is 3.36. The summed E-state index contributed by atoms with van der Waals surface area (Å²) in [6.45, 7) is 4.58. The molecule has 1 N–H and O–H groups in total. The Morgan fingerprint density at radius 3 is 1.81 bits per heavy atom. The summed E-state index contributed by atoms with van der Waals surface area (Å²) in [6, 6.07) is 11.4. The molecule has 1 heterocycles. The van der Waals surface area contributed by atoms with E-state index in [2.05, 4.69) is 49.2 Å². The highest BCUT2D eigenvalue weighted by Gasteiger charge is 2.07. The molecule has 0 aliphatic heterocycles. The van der Waals surface area contributed by atoms with Crippen molar-refractivity contribution in [3.8, 4) is 11.3 Å². The van der Waals surface area contributed by atoms with Crippen LogP contribution in [0.25, 0.3) is 11.3 Å². The fourth-order valence-corrected chi connectivity index (χ4v) is 3.97. The number of aromatic amines is 1. The van der Waals surface area contributed by atoms with Gasteiger partial charge in [0.1, 0.15) is 0 Å². The van der Waals surface area contributed by atoms with Crippen LogP contribution in [0.4, 0.5) is 0 Å². The Bertz CT molecular complexity index is 597. The average Bonchev–Trinajstić information content (AvgIpc) is 3.23. The predicted molar refractivity (Wildman–Crippen MR) is 120 cm³/mol. The Labute approximate surface area is 168 Å². The molecule has 27 heavy (non-hydrogen) atoms. The Hall–Kier alpha value is -1.50. The molecule has 0 amide bonds. The van der Waals surface area contributed by atoms with E-state index in [4.69, 9.17) is 0 Å². The molecule has 0 unspecified atom stereocenters. The molecule has 1 nitrogen and oxygen atoms in total. The van der Waals surface area contributed by atoms with Crippen LogP contribution in [0.2, 0.25) is 0 Å². The van der Waals surface area contributed by atoms with Crippen LogP contribution >= 0.6 is 0 Å². The maximum absolute atomic E-state index is 3.36. The summed E-state index contributed by atoms with van der Waals surface area (Å²) in [6.07, 6.45) is 21.0. The van der Waals surface area contributed by atoms with Gasteiger partial charge in [0.2, 0.25) is 0 Å². The van der Waals surface area contributed by atoms with Gasteiger partial charge in [0.15, 0.2) is 0 Å². The van der Waals surface area contributed by atoms with E-state index in [1.165, 1.54) is 101 Å². The second kappa shape index (κ2) is 13.6. The monoisotopic (exact) mass is 367 g/mol. The third kappa shape index (κ3) is 8.37. The molecule has 0 atom stereocenters. The SMILES string of the molecule is CCCCCCCCc1ccc(-c2ccc[nH]2)cc1CCCCCCCC. The molecule has 0 aliphatic carbocycles. The Balaban J connectivity index is 1.90. The minimum atomic E-state index is 1.24. The van der Waals surface area contributed by atoms with E-state index in [-0.39, 0.29) is 0 Å². The first-order chi connectivity index (χ1) is 13.3. The fraction of sp³-hybridized carbons (Fsp3) is 0.615. The van der Waals surface area contributed by atoms with Crippen molar-refractivity contribution in [3.05, 3.63) is 47.7 Å². The quantitative estimate of drug-likeness (QED) is 0.304. The van der Waals surface area contributed by atoms with Crippen LogP contribution in [-0.2, 0) is 12.8 Å². The molecule has 0 saturated heterocycles. The topological polar surface area (TPSA) is 15.8 Å². The molecule has 150 valence electrons. The van der Waals surface area contributed by atoms with Gasteiger partial charge in [0.05, 0.1) is 0 Å². The van der Waals surface area contributed by atoms with Crippen molar-refractivity contribution in [3.63, 3.8) is 0 Å². The predicted octanol–water partition coefficient (Wildman–Crippen LogP) is 8.49. The number of hydrogen-bond acceptors (Lipinski definition) is 0. The minimum Gasteiger partial charge on any atom is -0.361 e. The lowest BCUT2D eigenvalue weighted by atomic mass is 9.94. The highest BCUT2D eigenvalue weighted by Crippen LogP contribution is 2.24. The maximum Gasteiger partial charge on any atom is 0.0453 e. The third-order valence-electron chi connectivity index (χ3n) is 5.71. The van der Waals surface area contributed by atoms with E-state index < -0.39 is 0 Å². The summed E-state index contributed by atoms with van der Waals surface area (Å²) in [5, 5.41) is 0. The van der Waals surface area contributed by atoms with Crippen molar-refractivity contribution in [1.29, 1.82) is 0 Å². The van der Waals surface area contributed by atoms with Crippen molar-refractivity contribution in [2.24, 2.45) is 0 Å². The van der Waals surface area contributed by atoms with Crippen LogP contribution in [0.5, 0.6) is 0 Å². The molecular weight excluding hydrogens is 326 g/mol. The number of rotatable bonds is 15. The standard InChI is InChI=1S/C26H41N/c1-3-5-7-9-11-13-16-23-19-20-25(26-18-15-21-27-26)22-24(23)17-14-12-10-8-6-4-2/h15,18-22,27H,3-14,16-17H2,1-2H3. The summed E-state index contributed by atoms with van der Waals surface area (Å²) >= 11 is 0. The van der Waals surface area contributed by atoms with Gasteiger partial charge < -0.3 is 4.98 Å². The fourth-order valence-electron chi connectivity index (χ4n) is 3.97. The Morgan fingerprint density at radius 2 is 1.22 bits per heavy atom. The third-order valence-corrected chi connectivity index (χ3v) is 5.71. The molecule has 0 aliphatic rings. The van der Waals surface area contributed by atoms with Crippen molar-refractivity contribution in [1.82, 2.24) is 4.98 Å². The zero-order valence-electron chi connectivity index (χ0n) is 17.9. The van der Waals surface area contributed by atoms with Crippen molar-refractivity contribution in [2.45, 2.75) is 104 Å². The maximum atomic E-state index is 3.36. The Kier molecular flexibility index (Phi) is 11.0. The lowest BCUT2D eigenvalue weighted by molar-refractivity contribution is 0.599. The second-order valence-corrected chi connectivity index (χ2v) is 8.10. The van der Waals surface area contributed by atoms with E-state index in [0.29, 0.717) is 0 Å². The van der Waals surface area contributed by atoms with Gasteiger partial charge >= 0.3 is 0 Å². The van der Waals surface area contributed by atoms with E-state index in [0.717, 1.165) is 0 Å². The van der Waals surface area contributed by atoms with Crippen molar-refractivity contribution >= 4 is 0 Å². The highest BCUT2D eigenvalue weighted by atomic mass is 14.7. The van der Waals surface area contributed by atoms with Crippen LogP contribution < -0.4 is 0 Å². The lowest BCUT2D eigenvalue weighted by Gasteiger charge is -2.12. The van der Waals surface area contributed by atoms with Gasteiger partial charge in [-0.15, -0.1) is 0 Å². The van der Waals surface area contributed by atoms with Gasteiger partial charge in [-0.1, -0.05) is 90.2 Å². The average molecular weight is 368 g/mol. The lowest BCUT2D eigenvalue weighted by Crippen LogP contribution is -1.97. The molecule has 1 aromatic carbocycles. The van der Waals surface area contributed by atoms with Gasteiger partial charge in [0.25, 0.3) is 0 Å². The first-order valence-electron chi connectivity index (χ1n) is 11.6. The van der Waals surface area contributed by atoms with Crippen LogP contribution in [0.3, 0.4) is 0 Å². The molecule has 1 aromatic heterocycles. The van der Waals surface area contributed by atoms with E-state index in [1.807, 2.05) is 6.20 Å². The first-order valence-corrected chi connectivity index (χ1v) is 11.6. The smallest absolute Gasteiger partial charge is 0.0453 e. The molecular formula is C26H41N. The number of H-pyrrole nitrogens is 1. The first kappa shape index (κ1) is 21.8. The van der Waals surface area contributed by atoms with Crippen molar-refractivity contribution < 1.29 is 0 Å². The second-order valence-electron chi connectivity index (χ2n) is 8.10. The Morgan fingerprint density at radius 1 is 0.630 bits per heavy atom. The summed E-state index contributed by atoms with van der Waals surface area (Å²) in [7, 11) is 0. The molecule has 0 bridgehead atoms. The van der Waals surface area contributed by atoms with Crippen LogP contribution in [0, 0.1) is 0 Å². The number of nitrogens with one attached hydrogen (secondary N) is 1. The largest absolute Gasteiger partial charge is 0.361 e. The summed E-state index contributed by atoms with van der Waals surface area (Å²) in [5.74, 6) is 0. The number of aryl methyl sites for hydroxylation is 2. The molecule has 0 saturated carbocycles. The van der Waals surface area contributed by atoms with Gasteiger partial charge in [0, 0.05) is 11.9 Å². The van der Waals surface area contributed by atoms with Gasteiger partial charge in [-0.05, 0) is 60.6 Å². The normalized spacial score (nSPS) is 11.2. The molecule has 0 fully saturated rings. The highest BCUT2D eigenvalue weighted by molar-refractivity contribution is 5.61. The van der Waals surface area contributed by atoms with E-state index in [9.17, 15) is 0 Å². The summed E-state index contributed by atoms with van der Waals surface area (Å²) in [5.41, 5.74) is 5.76. The minimum absolute atomic E-state index is 1.24. The molecule has 0 spiro atoms. The molecule has 0 radical (unpaired) electrons. The zero-order chi connectivity index (χ0) is 19.2. The van der Waals surface area contributed by atoms with E-state index >= 15 is 0 Å². The van der Waals surface area contributed by atoms with Crippen LogP contribution in [0.15, 0.2) is 36.5 Å². The van der Waals surface area contributed by atoms with Crippen LogP contribution in [0.1, 0.15) is 102 Å². The number of aromatic nitrogens is 1. The summed E-state index contributed by atoms with van der Waals surface area (Å²) < 4.78 is 0. The van der Waals surface area contributed by atoms with Gasteiger partial charge in [-0.25, -0.2) is 0 Å². The molecule has 2 rings (SSSR count). The number of hydrogen-bond donors (Lipinski definition) is 1. The number of unbranched alkanes of at least 4 members (excludes halogenated alkanes) is 10.